The molecule has 0 N–H and O–H groups in total. The zero-order valence-electron chi connectivity index (χ0n) is 15.7. The minimum absolute atomic E-state index is 0.0273. The van der Waals surface area contributed by atoms with E-state index in [0.717, 1.165) is 31.9 Å². The Balaban J connectivity index is 1.63. The van der Waals surface area contributed by atoms with Crippen molar-refractivity contribution >= 4 is 17.4 Å². The maximum atomic E-state index is 14.3. The van der Waals surface area contributed by atoms with Gasteiger partial charge in [0.1, 0.15) is 17.6 Å². The molecule has 1 amide bonds. The molecule has 1 unspecified atom stereocenters. The van der Waals surface area contributed by atoms with E-state index in [-0.39, 0.29) is 29.3 Å². The van der Waals surface area contributed by atoms with Crippen LogP contribution in [0, 0.1) is 11.6 Å². The van der Waals surface area contributed by atoms with Crippen LogP contribution in [0.5, 0.6) is 0 Å². The molecule has 0 aliphatic carbocycles. The summed E-state index contributed by atoms with van der Waals surface area (Å²) in [7, 11) is 1.72. The number of anilines is 2. The number of rotatable bonds is 2. The summed E-state index contributed by atoms with van der Waals surface area (Å²) in [6.45, 7) is 0.739. The summed E-state index contributed by atoms with van der Waals surface area (Å²) >= 11 is 0. The number of aromatic nitrogens is 4. The van der Waals surface area contributed by atoms with Crippen LogP contribution in [0.1, 0.15) is 19.3 Å². The molecule has 5 rings (SSSR count). The van der Waals surface area contributed by atoms with E-state index in [1.807, 2.05) is 4.90 Å². The van der Waals surface area contributed by atoms with Crippen molar-refractivity contribution in [3.63, 3.8) is 0 Å². The summed E-state index contributed by atoms with van der Waals surface area (Å²) in [4.78, 5) is 29.5. The highest BCUT2D eigenvalue weighted by molar-refractivity contribution is 6.04. The lowest BCUT2D eigenvalue weighted by molar-refractivity contribution is -0.120. The lowest BCUT2D eigenvalue weighted by atomic mass is 9.98. The van der Waals surface area contributed by atoms with Gasteiger partial charge in [-0.25, -0.2) is 18.7 Å². The van der Waals surface area contributed by atoms with Crippen molar-refractivity contribution in [3.8, 4) is 17.3 Å². The van der Waals surface area contributed by atoms with Crippen molar-refractivity contribution in [1.82, 2.24) is 19.5 Å². The topological polar surface area (TPSA) is 67.2 Å². The third kappa shape index (κ3) is 2.68. The molecule has 1 atom stereocenters. The molecule has 0 saturated carbocycles. The molecule has 2 aromatic heterocycles. The summed E-state index contributed by atoms with van der Waals surface area (Å²) in [5.41, 5.74) is 0.662. The predicted octanol–water partition coefficient (Wildman–Crippen LogP) is 2.94. The number of likely N-dealkylation sites (N-methyl/N-ethyl adjacent to an activating group) is 1. The minimum Gasteiger partial charge on any atom is -0.343 e. The molecule has 0 spiro atoms. The fourth-order valence-electron chi connectivity index (χ4n) is 4.05. The maximum Gasteiger partial charge on any atom is 0.249 e. The van der Waals surface area contributed by atoms with Crippen LogP contribution in [0.3, 0.4) is 0 Å². The van der Waals surface area contributed by atoms with Gasteiger partial charge >= 0.3 is 0 Å². The van der Waals surface area contributed by atoms with E-state index >= 15 is 0 Å². The molecule has 0 radical (unpaired) electrons. The van der Waals surface area contributed by atoms with E-state index in [0.29, 0.717) is 11.5 Å². The van der Waals surface area contributed by atoms with Crippen LogP contribution in [0.4, 0.5) is 20.3 Å². The van der Waals surface area contributed by atoms with Gasteiger partial charge in [-0.1, -0.05) is 6.07 Å². The lowest BCUT2D eigenvalue weighted by Crippen LogP contribution is -2.54. The number of halogens is 2. The number of carbonyl (C=O) groups is 1. The molecule has 29 heavy (non-hydrogen) atoms. The van der Waals surface area contributed by atoms with Crippen LogP contribution in [0.15, 0.2) is 36.8 Å². The third-order valence-electron chi connectivity index (χ3n) is 5.54. The first-order valence-electron chi connectivity index (χ1n) is 9.45. The molecule has 2 aliphatic heterocycles. The standard InChI is InChI=1S/C20H18F2N6O/c1-26-15-11-24-20(25-18(15)27-9-3-2-7-14(27)19(26)29)28-10-8-23-17(28)12-5-4-6-13(21)16(12)22/h4-6,8,10-11,14H,2-3,7,9H2,1H3. The number of carbonyl (C=O) groups excluding carboxylic acids is 1. The Morgan fingerprint density at radius 2 is 2.03 bits per heavy atom. The monoisotopic (exact) mass is 396 g/mol. The number of piperidine rings is 1. The predicted molar refractivity (Wildman–Crippen MR) is 103 cm³/mol. The van der Waals surface area contributed by atoms with Crippen molar-refractivity contribution in [2.24, 2.45) is 0 Å². The number of fused-ring (bicyclic) bond motifs is 3. The van der Waals surface area contributed by atoms with Gasteiger partial charge in [0.2, 0.25) is 11.9 Å². The Morgan fingerprint density at radius 1 is 1.17 bits per heavy atom. The zero-order chi connectivity index (χ0) is 20.1. The van der Waals surface area contributed by atoms with Gasteiger partial charge in [0, 0.05) is 26.0 Å². The van der Waals surface area contributed by atoms with Crippen molar-refractivity contribution in [2.75, 3.05) is 23.4 Å². The quantitative estimate of drug-likeness (QED) is 0.666. The van der Waals surface area contributed by atoms with E-state index in [2.05, 4.69) is 9.97 Å². The molecular weight excluding hydrogens is 378 g/mol. The lowest BCUT2D eigenvalue weighted by Gasteiger charge is -2.43. The van der Waals surface area contributed by atoms with E-state index in [9.17, 15) is 13.6 Å². The minimum atomic E-state index is -0.973. The normalized spacial score (nSPS) is 18.6. The molecule has 7 nitrogen and oxygen atoms in total. The number of hydrogen-bond donors (Lipinski definition) is 0. The molecule has 9 heteroatoms. The molecule has 1 saturated heterocycles. The summed E-state index contributed by atoms with van der Waals surface area (Å²) < 4.78 is 29.6. The summed E-state index contributed by atoms with van der Waals surface area (Å²) in [6, 6.07) is 3.72. The van der Waals surface area contributed by atoms with Gasteiger partial charge in [-0.3, -0.25) is 9.36 Å². The van der Waals surface area contributed by atoms with E-state index in [1.54, 1.807) is 24.3 Å². The molecule has 148 valence electrons. The number of nitrogens with zero attached hydrogens (tertiary/aromatic N) is 6. The van der Waals surface area contributed by atoms with Gasteiger partial charge in [-0.05, 0) is 31.4 Å². The molecule has 4 heterocycles. The van der Waals surface area contributed by atoms with E-state index < -0.39 is 11.6 Å². The Morgan fingerprint density at radius 3 is 2.90 bits per heavy atom. The highest BCUT2D eigenvalue weighted by Gasteiger charge is 2.39. The van der Waals surface area contributed by atoms with Crippen LogP contribution < -0.4 is 9.80 Å². The van der Waals surface area contributed by atoms with Crippen LogP contribution in [-0.2, 0) is 4.79 Å². The van der Waals surface area contributed by atoms with Gasteiger partial charge < -0.3 is 9.80 Å². The Kier molecular flexibility index (Phi) is 4.04. The van der Waals surface area contributed by atoms with Gasteiger partial charge in [0.25, 0.3) is 0 Å². The van der Waals surface area contributed by atoms with Crippen LogP contribution >= 0.6 is 0 Å². The van der Waals surface area contributed by atoms with E-state index in [4.69, 9.17) is 4.98 Å². The van der Waals surface area contributed by atoms with Crippen LogP contribution in [0.25, 0.3) is 17.3 Å². The average Bonchev–Trinajstić information content (AvgIpc) is 3.23. The Hall–Kier alpha value is -3.36. The van der Waals surface area contributed by atoms with E-state index in [1.165, 1.54) is 22.9 Å². The SMILES string of the molecule is CN1C(=O)C2CCCCN2c2nc(-n3ccnc3-c3cccc(F)c3F)ncc21. The molecule has 0 bridgehead atoms. The summed E-state index contributed by atoms with van der Waals surface area (Å²) in [5.74, 6) is -0.719. The second-order valence-corrected chi connectivity index (χ2v) is 7.20. The molecule has 3 aromatic rings. The van der Waals surface area contributed by atoms with Gasteiger partial charge in [-0.15, -0.1) is 0 Å². The molecule has 2 aliphatic rings. The van der Waals surface area contributed by atoms with Crippen molar-refractivity contribution in [1.29, 1.82) is 0 Å². The Bertz CT molecular complexity index is 1110. The summed E-state index contributed by atoms with van der Waals surface area (Å²) in [5, 5.41) is 0. The van der Waals surface area contributed by atoms with Crippen molar-refractivity contribution in [2.45, 2.75) is 25.3 Å². The van der Waals surface area contributed by atoms with Crippen LogP contribution in [0.2, 0.25) is 0 Å². The van der Waals surface area contributed by atoms with Gasteiger partial charge in [0.05, 0.1) is 11.8 Å². The van der Waals surface area contributed by atoms with Crippen molar-refractivity contribution < 1.29 is 13.6 Å². The number of amides is 1. The fourth-order valence-corrected chi connectivity index (χ4v) is 4.05. The third-order valence-corrected chi connectivity index (χ3v) is 5.54. The number of benzene rings is 1. The molecular formula is C20H18F2N6O. The number of hydrogen-bond acceptors (Lipinski definition) is 5. The first-order valence-corrected chi connectivity index (χ1v) is 9.45. The highest BCUT2D eigenvalue weighted by Crippen LogP contribution is 2.37. The smallest absolute Gasteiger partial charge is 0.249 e. The molecule has 1 aromatic carbocycles. The van der Waals surface area contributed by atoms with Crippen molar-refractivity contribution in [3.05, 3.63) is 48.4 Å². The maximum absolute atomic E-state index is 14.3. The zero-order valence-corrected chi connectivity index (χ0v) is 15.7. The highest BCUT2D eigenvalue weighted by atomic mass is 19.2. The van der Waals surface area contributed by atoms with Gasteiger partial charge in [-0.2, -0.15) is 4.98 Å². The van der Waals surface area contributed by atoms with Gasteiger partial charge in [0.15, 0.2) is 17.5 Å². The second-order valence-electron chi connectivity index (χ2n) is 7.20. The Labute approximate surface area is 165 Å². The fraction of sp³-hybridized carbons (Fsp3) is 0.300. The number of imidazole rings is 1. The molecule has 1 fully saturated rings. The average molecular weight is 396 g/mol. The first-order chi connectivity index (χ1) is 14.1. The van der Waals surface area contributed by atoms with Crippen LogP contribution in [-0.4, -0.2) is 45.1 Å². The second kappa shape index (κ2) is 6.61. The largest absolute Gasteiger partial charge is 0.343 e. The first kappa shape index (κ1) is 17.7. The summed E-state index contributed by atoms with van der Waals surface area (Å²) in [6.07, 6.45) is 7.45.